The van der Waals surface area contributed by atoms with Crippen LogP contribution in [0.25, 0.3) is 11.0 Å². The molecule has 1 saturated carbocycles. The van der Waals surface area contributed by atoms with Gasteiger partial charge in [0.05, 0.1) is 11.1 Å². The lowest BCUT2D eigenvalue weighted by molar-refractivity contribution is 0.444. The van der Waals surface area contributed by atoms with Crippen LogP contribution in [-0.4, -0.2) is 9.55 Å². The van der Waals surface area contributed by atoms with Gasteiger partial charge in [-0.2, -0.15) is 5.26 Å². The third kappa shape index (κ3) is 2.43. The summed E-state index contributed by atoms with van der Waals surface area (Å²) in [5, 5.41) is 9.20. The molecule has 0 N–H and O–H groups in total. The molecular weight excluding hydrogens is 246 g/mol. The second kappa shape index (κ2) is 5.66. The molecule has 3 nitrogen and oxygen atoms in total. The lowest BCUT2D eigenvalue weighted by Crippen LogP contribution is -2.08. The molecule has 0 spiro atoms. The fourth-order valence-electron chi connectivity index (χ4n) is 3.36. The summed E-state index contributed by atoms with van der Waals surface area (Å²) in [5.74, 6) is 1.90. The summed E-state index contributed by atoms with van der Waals surface area (Å²) in [6.45, 7) is 0. The van der Waals surface area contributed by atoms with Gasteiger partial charge in [-0.3, -0.25) is 0 Å². The first-order chi connectivity index (χ1) is 9.79. The highest BCUT2D eigenvalue weighted by Gasteiger charge is 2.17. The number of fused-ring (bicyclic) bond motifs is 1. The molecule has 104 valence electrons. The Morgan fingerprint density at radius 1 is 1.25 bits per heavy atom. The molecule has 20 heavy (non-hydrogen) atoms. The smallest absolute Gasteiger partial charge is 0.109 e. The van der Waals surface area contributed by atoms with E-state index in [0.29, 0.717) is 5.56 Å². The molecule has 0 saturated heterocycles. The second-order valence-electron chi connectivity index (χ2n) is 5.93. The topological polar surface area (TPSA) is 41.6 Å². The highest BCUT2D eigenvalue weighted by Crippen LogP contribution is 2.27. The lowest BCUT2D eigenvalue weighted by atomic mass is 9.96. The van der Waals surface area contributed by atoms with E-state index < -0.39 is 0 Å². The molecule has 3 rings (SSSR count). The number of benzene rings is 1. The summed E-state index contributed by atoms with van der Waals surface area (Å²) in [6, 6.07) is 8.10. The molecule has 0 unspecified atom stereocenters. The van der Waals surface area contributed by atoms with Crippen molar-refractivity contribution in [3.8, 4) is 6.07 Å². The monoisotopic (exact) mass is 267 g/mol. The van der Waals surface area contributed by atoms with Gasteiger partial charge < -0.3 is 4.57 Å². The minimum absolute atomic E-state index is 0.685. The van der Waals surface area contributed by atoms with Gasteiger partial charge in [0.1, 0.15) is 17.4 Å². The van der Waals surface area contributed by atoms with Crippen molar-refractivity contribution in [2.24, 2.45) is 13.0 Å². The number of aryl methyl sites for hydroxylation is 1. The molecule has 1 aliphatic rings. The van der Waals surface area contributed by atoms with Crippen molar-refractivity contribution in [2.75, 3.05) is 0 Å². The fraction of sp³-hybridized carbons (Fsp3) is 0.529. The average molecular weight is 267 g/mol. The van der Waals surface area contributed by atoms with E-state index in [9.17, 15) is 5.26 Å². The molecule has 1 aliphatic carbocycles. The lowest BCUT2D eigenvalue weighted by Gasteiger charge is -2.13. The number of imidazole rings is 1. The van der Waals surface area contributed by atoms with E-state index in [1.165, 1.54) is 38.5 Å². The zero-order valence-corrected chi connectivity index (χ0v) is 12.1. The van der Waals surface area contributed by atoms with Crippen LogP contribution in [0.2, 0.25) is 0 Å². The van der Waals surface area contributed by atoms with Crippen LogP contribution in [0.3, 0.4) is 0 Å². The second-order valence-corrected chi connectivity index (χ2v) is 5.93. The molecule has 0 bridgehead atoms. The normalized spacial score (nSPS) is 17.0. The summed E-state index contributed by atoms with van der Waals surface area (Å²) in [5.41, 5.74) is 2.62. The van der Waals surface area contributed by atoms with Gasteiger partial charge in [0.25, 0.3) is 0 Å². The first kappa shape index (κ1) is 13.2. The van der Waals surface area contributed by atoms with Gasteiger partial charge in [0.2, 0.25) is 0 Å². The van der Waals surface area contributed by atoms with Gasteiger partial charge in [0.15, 0.2) is 0 Å². The predicted octanol–water partition coefficient (Wildman–Crippen LogP) is 3.96. The third-order valence-corrected chi connectivity index (χ3v) is 4.57. The molecule has 2 aromatic rings. The van der Waals surface area contributed by atoms with Crippen molar-refractivity contribution in [3.05, 3.63) is 29.6 Å². The standard InChI is InChI=1S/C17H21N3/c1-20-15-10-6-9-14(12-18)17(15)19-16(20)11-13-7-4-2-3-5-8-13/h6,9-10,13H,2-5,7-8,11H2,1H3. The van der Waals surface area contributed by atoms with Gasteiger partial charge in [-0.15, -0.1) is 0 Å². The summed E-state index contributed by atoms with van der Waals surface area (Å²) in [7, 11) is 2.07. The van der Waals surface area contributed by atoms with Gasteiger partial charge in [-0.05, 0) is 18.1 Å². The van der Waals surface area contributed by atoms with Crippen molar-refractivity contribution in [2.45, 2.75) is 44.9 Å². The molecule has 1 aromatic carbocycles. The van der Waals surface area contributed by atoms with Gasteiger partial charge in [0, 0.05) is 13.5 Å². The fourth-order valence-corrected chi connectivity index (χ4v) is 3.36. The first-order valence-electron chi connectivity index (χ1n) is 7.64. The molecule has 0 aliphatic heterocycles. The van der Waals surface area contributed by atoms with Crippen molar-refractivity contribution in [1.82, 2.24) is 9.55 Å². The summed E-state index contributed by atoms with van der Waals surface area (Å²) in [6.07, 6.45) is 9.20. The molecule has 1 fully saturated rings. The number of para-hydroxylation sites is 1. The maximum absolute atomic E-state index is 9.20. The van der Waals surface area contributed by atoms with Crippen LogP contribution in [0.5, 0.6) is 0 Å². The Hall–Kier alpha value is -1.82. The minimum Gasteiger partial charge on any atom is -0.331 e. The van der Waals surface area contributed by atoms with E-state index in [-0.39, 0.29) is 0 Å². The molecule has 1 aromatic heterocycles. The van der Waals surface area contributed by atoms with E-state index in [0.717, 1.165) is 29.2 Å². The first-order valence-corrected chi connectivity index (χ1v) is 7.64. The quantitative estimate of drug-likeness (QED) is 0.773. The molecular formula is C17H21N3. The molecule has 0 amide bonds. The van der Waals surface area contributed by atoms with Crippen molar-refractivity contribution in [3.63, 3.8) is 0 Å². The van der Waals surface area contributed by atoms with Crippen LogP contribution < -0.4 is 0 Å². The van der Waals surface area contributed by atoms with Crippen molar-refractivity contribution >= 4 is 11.0 Å². The number of nitriles is 1. The number of rotatable bonds is 2. The maximum Gasteiger partial charge on any atom is 0.109 e. The maximum atomic E-state index is 9.20. The van der Waals surface area contributed by atoms with Gasteiger partial charge in [-0.1, -0.05) is 44.6 Å². The van der Waals surface area contributed by atoms with Gasteiger partial charge >= 0.3 is 0 Å². The Balaban J connectivity index is 1.92. The van der Waals surface area contributed by atoms with E-state index >= 15 is 0 Å². The summed E-state index contributed by atoms with van der Waals surface area (Å²) < 4.78 is 2.17. The minimum atomic E-state index is 0.685. The Morgan fingerprint density at radius 3 is 2.70 bits per heavy atom. The Labute approximate surface area is 120 Å². The van der Waals surface area contributed by atoms with Crippen LogP contribution in [0.4, 0.5) is 0 Å². The zero-order valence-electron chi connectivity index (χ0n) is 12.1. The van der Waals surface area contributed by atoms with Crippen LogP contribution in [0, 0.1) is 17.2 Å². The highest BCUT2D eigenvalue weighted by atomic mass is 15.1. The van der Waals surface area contributed by atoms with Crippen LogP contribution >= 0.6 is 0 Å². The Bertz CT molecular complexity index is 640. The molecule has 0 radical (unpaired) electrons. The zero-order chi connectivity index (χ0) is 13.9. The van der Waals surface area contributed by atoms with E-state index in [4.69, 9.17) is 4.98 Å². The summed E-state index contributed by atoms with van der Waals surface area (Å²) in [4.78, 5) is 4.75. The number of hydrogen-bond acceptors (Lipinski definition) is 2. The van der Waals surface area contributed by atoms with Gasteiger partial charge in [-0.25, -0.2) is 4.98 Å². The largest absolute Gasteiger partial charge is 0.331 e. The summed E-state index contributed by atoms with van der Waals surface area (Å²) >= 11 is 0. The van der Waals surface area contributed by atoms with Crippen LogP contribution in [0.1, 0.15) is 49.9 Å². The Kier molecular flexibility index (Phi) is 3.73. The Morgan fingerprint density at radius 2 is 2.00 bits per heavy atom. The molecule has 3 heteroatoms. The average Bonchev–Trinajstić information content (AvgIpc) is 2.67. The number of hydrogen-bond donors (Lipinski definition) is 0. The van der Waals surface area contributed by atoms with Crippen LogP contribution in [0.15, 0.2) is 18.2 Å². The van der Waals surface area contributed by atoms with E-state index in [1.807, 2.05) is 12.1 Å². The number of nitrogens with zero attached hydrogens (tertiary/aromatic N) is 3. The van der Waals surface area contributed by atoms with Crippen molar-refractivity contribution < 1.29 is 0 Å². The number of aromatic nitrogens is 2. The molecule has 1 heterocycles. The van der Waals surface area contributed by atoms with Crippen LogP contribution in [-0.2, 0) is 13.5 Å². The van der Waals surface area contributed by atoms with E-state index in [1.54, 1.807) is 0 Å². The third-order valence-electron chi connectivity index (χ3n) is 4.57. The highest BCUT2D eigenvalue weighted by molar-refractivity contribution is 5.82. The molecule has 0 atom stereocenters. The predicted molar refractivity (Wildman–Crippen MR) is 80.3 cm³/mol. The SMILES string of the molecule is Cn1c(CC2CCCCCC2)nc2c(C#N)cccc21. The van der Waals surface area contributed by atoms with Crippen molar-refractivity contribution in [1.29, 1.82) is 5.26 Å². The van der Waals surface area contributed by atoms with E-state index in [2.05, 4.69) is 23.8 Å².